The summed E-state index contributed by atoms with van der Waals surface area (Å²) in [5.41, 5.74) is 4.43. The summed E-state index contributed by atoms with van der Waals surface area (Å²) in [4.78, 5) is 27.5. The van der Waals surface area contributed by atoms with Crippen LogP contribution in [0.5, 0.6) is 5.75 Å². The van der Waals surface area contributed by atoms with E-state index in [0.29, 0.717) is 38.8 Å². The molecule has 0 unspecified atom stereocenters. The zero-order valence-electron chi connectivity index (χ0n) is 18.9. The molecule has 0 aliphatic heterocycles. The highest BCUT2D eigenvalue weighted by Gasteiger charge is 2.19. The predicted octanol–water partition coefficient (Wildman–Crippen LogP) is 6.48. The molecule has 1 aromatic heterocycles. The van der Waals surface area contributed by atoms with Crippen molar-refractivity contribution in [2.75, 3.05) is 7.11 Å². The van der Waals surface area contributed by atoms with E-state index in [2.05, 4.69) is 6.07 Å². The van der Waals surface area contributed by atoms with Gasteiger partial charge in [-0.1, -0.05) is 41.6 Å². The third kappa shape index (κ3) is 5.05. The van der Waals surface area contributed by atoms with Crippen LogP contribution < -0.4 is 4.74 Å². The van der Waals surface area contributed by atoms with Crippen molar-refractivity contribution in [2.45, 2.75) is 16.8 Å². The molecule has 4 aromatic rings. The van der Waals surface area contributed by atoms with Gasteiger partial charge in [0.15, 0.2) is 6.29 Å². The first-order chi connectivity index (χ1) is 16.9. The molecule has 8 heteroatoms. The van der Waals surface area contributed by atoms with Crippen LogP contribution in [0.15, 0.2) is 82.7 Å². The highest BCUT2D eigenvalue weighted by molar-refractivity contribution is 7.99. The van der Waals surface area contributed by atoms with Gasteiger partial charge in [0.05, 0.1) is 23.3 Å². The fourth-order valence-electron chi connectivity index (χ4n) is 3.51. The Balaban J connectivity index is 1.90. The molecular formula is C27H19N3O4S. The van der Waals surface area contributed by atoms with Crippen molar-refractivity contribution in [1.29, 1.82) is 5.26 Å². The number of aromatic nitrogens is 1. The van der Waals surface area contributed by atoms with Gasteiger partial charge in [-0.15, -0.1) is 0 Å². The molecule has 1 heterocycles. The Kier molecular flexibility index (Phi) is 6.90. The summed E-state index contributed by atoms with van der Waals surface area (Å²) in [7, 11) is 1.59. The monoisotopic (exact) mass is 481 g/mol. The number of non-ortho nitro benzene ring substituents is 1. The first kappa shape index (κ1) is 23.7. The molecule has 0 atom stereocenters. The summed E-state index contributed by atoms with van der Waals surface area (Å²) in [6, 6.07) is 23.4. The van der Waals surface area contributed by atoms with E-state index in [1.807, 2.05) is 61.5 Å². The number of pyridine rings is 1. The molecule has 0 aliphatic carbocycles. The number of carbonyl (C=O) groups excluding carboxylic acids is 1. The molecule has 0 spiro atoms. The Hall–Kier alpha value is -4.48. The number of ether oxygens (including phenoxy) is 1. The number of methoxy groups -OCH3 is 1. The van der Waals surface area contributed by atoms with Crippen LogP contribution in [0.2, 0.25) is 0 Å². The van der Waals surface area contributed by atoms with Gasteiger partial charge in [-0.3, -0.25) is 14.9 Å². The largest absolute Gasteiger partial charge is 0.497 e. The molecule has 0 aliphatic rings. The van der Waals surface area contributed by atoms with E-state index in [-0.39, 0.29) is 11.3 Å². The van der Waals surface area contributed by atoms with Crippen molar-refractivity contribution in [3.63, 3.8) is 0 Å². The van der Waals surface area contributed by atoms with Crippen LogP contribution in [0.25, 0.3) is 22.4 Å². The number of aryl methyl sites for hydroxylation is 1. The van der Waals surface area contributed by atoms with E-state index >= 15 is 0 Å². The molecule has 4 rings (SSSR count). The number of hydrogen-bond acceptors (Lipinski definition) is 7. The lowest BCUT2D eigenvalue weighted by atomic mass is 9.98. The number of nitriles is 1. The lowest BCUT2D eigenvalue weighted by Gasteiger charge is -2.14. The quantitative estimate of drug-likeness (QED) is 0.169. The summed E-state index contributed by atoms with van der Waals surface area (Å²) >= 11 is 1.13. The Bertz CT molecular complexity index is 1460. The van der Waals surface area contributed by atoms with Gasteiger partial charge in [-0.25, -0.2) is 4.98 Å². The zero-order valence-corrected chi connectivity index (χ0v) is 19.7. The third-order valence-electron chi connectivity index (χ3n) is 5.38. The molecule has 3 aromatic carbocycles. The van der Waals surface area contributed by atoms with Gasteiger partial charge in [0, 0.05) is 33.7 Å². The smallest absolute Gasteiger partial charge is 0.270 e. The molecule has 0 radical (unpaired) electrons. The number of nitrogens with zero attached hydrogens (tertiary/aromatic N) is 3. The van der Waals surface area contributed by atoms with Gasteiger partial charge in [0.25, 0.3) is 5.69 Å². The number of nitro benzene ring substituents is 1. The average Bonchev–Trinajstić information content (AvgIpc) is 2.88. The Labute approximate surface area is 206 Å². The highest BCUT2D eigenvalue weighted by Crippen LogP contribution is 2.39. The molecule has 172 valence electrons. The fourth-order valence-corrected chi connectivity index (χ4v) is 4.48. The van der Waals surface area contributed by atoms with Crippen molar-refractivity contribution in [2.24, 2.45) is 0 Å². The minimum absolute atomic E-state index is 0.154. The van der Waals surface area contributed by atoms with Crippen LogP contribution in [0.3, 0.4) is 0 Å². The Morgan fingerprint density at radius 2 is 1.71 bits per heavy atom. The first-order valence-corrected chi connectivity index (χ1v) is 11.3. The van der Waals surface area contributed by atoms with Crippen molar-refractivity contribution in [1.82, 2.24) is 4.98 Å². The maximum atomic E-state index is 11.7. The molecular weight excluding hydrogens is 462 g/mol. The van der Waals surface area contributed by atoms with Crippen molar-refractivity contribution >= 4 is 23.7 Å². The van der Waals surface area contributed by atoms with Gasteiger partial charge in [-0.05, 0) is 48.9 Å². The molecule has 0 bridgehead atoms. The van der Waals surface area contributed by atoms with E-state index in [0.717, 1.165) is 28.5 Å². The summed E-state index contributed by atoms with van der Waals surface area (Å²) in [5.74, 6) is 0.706. The number of benzene rings is 3. The van der Waals surface area contributed by atoms with Crippen LogP contribution in [0.4, 0.5) is 5.69 Å². The number of rotatable bonds is 7. The van der Waals surface area contributed by atoms with E-state index in [9.17, 15) is 20.2 Å². The maximum Gasteiger partial charge on any atom is 0.270 e. The fraction of sp³-hybridized carbons (Fsp3) is 0.0741. The molecule has 0 N–H and O–H groups in total. The van der Waals surface area contributed by atoms with E-state index < -0.39 is 4.92 Å². The summed E-state index contributed by atoms with van der Waals surface area (Å²) in [5, 5.41) is 21.6. The van der Waals surface area contributed by atoms with Crippen molar-refractivity contribution in [3.05, 3.63) is 99.6 Å². The van der Waals surface area contributed by atoms with Crippen LogP contribution in [-0.4, -0.2) is 23.3 Å². The molecule has 35 heavy (non-hydrogen) atoms. The van der Waals surface area contributed by atoms with E-state index in [4.69, 9.17) is 9.72 Å². The SMILES string of the molecule is COc1ccc(-c2cc(-c3ccc(C)cc3)c(C#N)c(Sc3ccc([N+](=O)[O-])cc3C=O)n2)cc1. The molecule has 0 saturated heterocycles. The topological polar surface area (TPSA) is 106 Å². The lowest BCUT2D eigenvalue weighted by Crippen LogP contribution is -1.97. The van der Waals surface area contributed by atoms with Crippen LogP contribution in [0, 0.1) is 28.4 Å². The normalized spacial score (nSPS) is 10.4. The van der Waals surface area contributed by atoms with Gasteiger partial charge in [0.2, 0.25) is 0 Å². The summed E-state index contributed by atoms with van der Waals surface area (Å²) in [6.07, 6.45) is 0.565. The molecule has 0 fully saturated rings. The van der Waals surface area contributed by atoms with Gasteiger partial charge < -0.3 is 4.74 Å². The molecule has 0 amide bonds. The first-order valence-electron chi connectivity index (χ1n) is 10.5. The van der Waals surface area contributed by atoms with Crippen LogP contribution in [-0.2, 0) is 0 Å². The number of carbonyl (C=O) groups is 1. The average molecular weight is 482 g/mol. The van der Waals surface area contributed by atoms with Crippen molar-refractivity contribution in [3.8, 4) is 34.2 Å². The van der Waals surface area contributed by atoms with Crippen LogP contribution in [0.1, 0.15) is 21.5 Å². The number of nitro groups is 1. The Morgan fingerprint density at radius 1 is 1.03 bits per heavy atom. The highest BCUT2D eigenvalue weighted by atomic mass is 32.2. The number of hydrogen-bond donors (Lipinski definition) is 0. The van der Waals surface area contributed by atoms with Crippen molar-refractivity contribution < 1.29 is 14.5 Å². The molecule has 7 nitrogen and oxygen atoms in total. The maximum absolute atomic E-state index is 11.7. The number of aldehydes is 1. The van der Waals surface area contributed by atoms with Crippen LogP contribution >= 0.6 is 11.8 Å². The lowest BCUT2D eigenvalue weighted by molar-refractivity contribution is -0.384. The van der Waals surface area contributed by atoms with E-state index in [1.54, 1.807) is 7.11 Å². The predicted molar refractivity (Wildman–Crippen MR) is 134 cm³/mol. The summed E-state index contributed by atoms with van der Waals surface area (Å²) in [6.45, 7) is 1.99. The van der Waals surface area contributed by atoms with Gasteiger partial charge in [0.1, 0.15) is 16.8 Å². The van der Waals surface area contributed by atoms with Gasteiger partial charge in [-0.2, -0.15) is 5.26 Å². The Morgan fingerprint density at radius 3 is 2.31 bits per heavy atom. The van der Waals surface area contributed by atoms with E-state index in [1.165, 1.54) is 18.2 Å². The zero-order chi connectivity index (χ0) is 24.9. The van der Waals surface area contributed by atoms with Gasteiger partial charge >= 0.3 is 0 Å². The second-order valence-electron chi connectivity index (χ2n) is 7.64. The molecule has 0 saturated carbocycles. The minimum Gasteiger partial charge on any atom is -0.497 e. The second kappa shape index (κ2) is 10.2. The minimum atomic E-state index is -0.555. The second-order valence-corrected chi connectivity index (χ2v) is 8.67. The third-order valence-corrected chi connectivity index (χ3v) is 6.46. The standard InChI is InChI=1S/C27H19N3O4S/c1-17-3-5-18(6-4-17)23-14-25(19-7-10-22(34-2)11-8-19)29-27(24(23)15-28)35-26-12-9-21(30(32)33)13-20(26)16-31/h3-14,16H,1-2H3. The summed E-state index contributed by atoms with van der Waals surface area (Å²) < 4.78 is 5.25.